The smallest absolute Gasteiger partial charge is 0.181 e. The van der Waals surface area contributed by atoms with Gasteiger partial charge in [0.15, 0.2) is 5.78 Å². The minimum atomic E-state index is 0.0792. The highest BCUT2D eigenvalue weighted by molar-refractivity contribution is 5.97. The summed E-state index contributed by atoms with van der Waals surface area (Å²) in [5.41, 5.74) is 0.729. The predicted octanol–water partition coefficient (Wildman–Crippen LogP) is 1.60. The lowest BCUT2D eigenvalue weighted by Gasteiger charge is -1.99. The number of ketones is 1. The van der Waals surface area contributed by atoms with E-state index in [0.29, 0.717) is 6.54 Å². The highest BCUT2D eigenvalue weighted by Gasteiger charge is 2.01. The Morgan fingerprint density at radius 1 is 1.42 bits per heavy atom. The van der Waals surface area contributed by atoms with Gasteiger partial charge in [-0.2, -0.15) is 0 Å². The Bertz CT molecular complexity index is 266. The van der Waals surface area contributed by atoms with Crippen molar-refractivity contribution in [1.29, 1.82) is 0 Å². The molecule has 2 heteroatoms. The van der Waals surface area contributed by atoms with Gasteiger partial charge in [-0.3, -0.25) is 4.79 Å². The maximum Gasteiger partial charge on any atom is 0.181 e. The zero-order valence-electron chi connectivity index (χ0n) is 6.79. The Hall–Kier alpha value is -1.57. The number of benzene rings is 1. The van der Waals surface area contributed by atoms with Crippen LogP contribution in [0, 0.1) is 0 Å². The van der Waals surface area contributed by atoms with Crippen molar-refractivity contribution in [2.75, 3.05) is 6.54 Å². The molecule has 1 rings (SSSR count). The predicted molar refractivity (Wildman–Crippen MR) is 49.0 cm³/mol. The largest absolute Gasteiger partial charge is 0.384 e. The first kappa shape index (κ1) is 8.53. The number of carbonyl (C=O) groups is 1. The molecule has 62 valence electrons. The quantitative estimate of drug-likeness (QED) is 0.679. The maximum atomic E-state index is 11.3. The molecule has 0 saturated carbocycles. The molecular formula is C10H11NO. The summed E-state index contributed by atoms with van der Waals surface area (Å²) in [4.78, 5) is 11.3. The third-order valence-electron chi connectivity index (χ3n) is 1.50. The van der Waals surface area contributed by atoms with E-state index in [1.807, 2.05) is 18.2 Å². The normalized spacial score (nSPS) is 9.00. The summed E-state index contributed by atoms with van der Waals surface area (Å²) in [6.45, 7) is 3.78. The molecule has 0 atom stereocenters. The van der Waals surface area contributed by atoms with Crippen LogP contribution in [0.4, 0.5) is 0 Å². The average molecular weight is 161 g/mol. The average Bonchev–Trinajstić information content (AvgIpc) is 2.15. The molecule has 0 bridgehead atoms. The van der Waals surface area contributed by atoms with E-state index in [1.54, 1.807) is 12.1 Å². The van der Waals surface area contributed by atoms with Crippen molar-refractivity contribution in [2.24, 2.45) is 0 Å². The fraction of sp³-hybridized carbons (Fsp3) is 0.100. The number of Topliss-reactive ketones (excluding diaryl/α,β-unsaturated/α-hetero) is 1. The third kappa shape index (κ3) is 2.23. The molecule has 0 aliphatic heterocycles. The number of rotatable bonds is 4. The maximum absolute atomic E-state index is 11.3. The minimum Gasteiger partial charge on any atom is -0.384 e. The van der Waals surface area contributed by atoms with Gasteiger partial charge in [0.25, 0.3) is 0 Å². The standard InChI is InChI=1S/C10H11NO/c1-2-11-8-10(12)9-6-4-3-5-7-9/h2-7,11H,1,8H2. The Kier molecular flexibility index (Phi) is 3.08. The molecule has 0 radical (unpaired) electrons. The second kappa shape index (κ2) is 4.34. The highest BCUT2D eigenvalue weighted by Crippen LogP contribution is 1.98. The minimum absolute atomic E-state index is 0.0792. The second-order valence-electron chi connectivity index (χ2n) is 2.37. The number of nitrogens with one attached hydrogen (secondary N) is 1. The van der Waals surface area contributed by atoms with E-state index in [9.17, 15) is 4.79 Å². The Morgan fingerprint density at radius 2 is 2.08 bits per heavy atom. The van der Waals surface area contributed by atoms with E-state index in [2.05, 4.69) is 11.9 Å². The van der Waals surface area contributed by atoms with E-state index in [-0.39, 0.29) is 5.78 Å². The monoisotopic (exact) mass is 161 g/mol. The molecule has 0 aliphatic rings. The molecule has 1 aromatic carbocycles. The lowest BCUT2D eigenvalue weighted by Crippen LogP contribution is -2.17. The van der Waals surface area contributed by atoms with E-state index in [0.717, 1.165) is 5.56 Å². The summed E-state index contributed by atoms with van der Waals surface area (Å²) in [6, 6.07) is 9.18. The van der Waals surface area contributed by atoms with Crippen LogP contribution < -0.4 is 5.32 Å². The van der Waals surface area contributed by atoms with Gasteiger partial charge in [0, 0.05) is 5.56 Å². The van der Waals surface area contributed by atoms with Crippen LogP contribution in [0.1, 0.15) is 10.4 Å². The van der Waals surface area contributed by atoms with Crippen molar-refractivity contribution in [2.45, 2.75) is 0 Å². The molecule has 0 aliphatic carbocycles. The molecule has 0 spiro atoms. The number of hydrogen-bond donors (Lipinski definition) is 1. The fourth-order valence-corrected chi connectivity index (χ4v) is 0.891. The summed E-state index contributed by atoms with van der Waals surface area (Å²) < 4.78 is 0. The van der Waals surface area contributed by atoms with Gasteiger partial charge >= 0.3 is 0 Å². The van der Waals surface area contributed by atoms with Crippen LogP contribution in [0.5, 0.6) is 0 Å². The lowest BCUT2D eigenvalue weighted by molar-refractivity contribution is 0.0995. The van der Waals surface area contributed by atoms with Crippen molar-refractivity contribution in [3.05, 3.63) is 48.7 Å². The van der Waals surface area contributed by atoms with Crippen molar-refractivity contribution in [3.63, 3.8) is 0 Å². The molecule has 0 fully saturated rings. The van der Waals surface area contributed by atoms with Crippen molar-refractivity contribution >= 4 is 5.78 Å². The van der Waals surface area contributed by atoms with E-state index >= 15 is 0 Å². The molecule has 0 unspecified atom stereocenters. The van der Waals surface area contributed by atoms with Crippen LogP contribution in [0.15, 0.2) is 43.1 Å². The second-order valence-corrected chi connectivity index (χ2v) is 2.37. The van der Waals surface area contributed by atoms with Crippen LogP contribution in [-0.4, -0.2) is 12.3 Å². The summed E-state index contributed by atoms with van der Waals surface area (Å²) in [6.07, 6.45) is 1.51. The van der Waals surface area contributed by atoms with Gasteiger partial charge in [-0.05, 0) is 6.20 Å². The summed E-state index contributed by atoms with van der Waals surface area (Å²) >= 11 is 0. The van der Waals surface area contributed by atoms with Crippen molar-refractivity contribution < 1.29 is 4.79 Å². The van der Waals surface area contributed by atoms with Crippen LogP contribution in [0.2, 0.25) is 0 Å². The van der Waals surface area contributed by atoms with Gasteiger partial charge in [0.2, 0.25) is 0 Å². The SMILES string of the molecule is C=CNCC(=O)c1ccccc1. The highest BCUT2D eigenvalue weighted by atomic mass is 16.1. The summed E-state index contributed by atoms with van der Waals surface area (Å²) in [5.74, 6) is 0.0792. The Morgan fingerprint density at radius 3 is 2.67 bits per heavy atom. The van der Waals surface area contributed by atoms with Gasteiger partial charge in [-0.1, -0.05) is 36.9 Å². The van der Waals surface area contributed by atoms with E-state index in [4.69, 9.17) is 0 Å². The zero-order chi connectivity index (χ0) is 8.81. The van der Waals surface area contributed by atoms with E-state index in [1.165, 1.54) is 6.20 Å². The van der Waals surface area contributed by atoms with Gasteiger partial charge in [0.1, 0.15) is 0 Å². The molecule has 12 heavy (non-hydrogen) atoms. The first-order chi connectivity index (χ1) is 5.84. The first-order valence-electron chi connectivity index (χ1n) is 3.77. The van der Waals surface area contributed by atoms with Gasteiger partial charge in [-0.15, -0.1) is 0 Å². The molecule has 0 heterocycles. The van der Waals surface area contributed by atoms with Gasteiger partial charge in [-0.25, -0.2) is 0 Å². The molecule has 1 N–H and O–H groups in total. The Labute approximate surface area is 71.9 Å². The van der Waals surface area contributed by atoms with Crippen LogP contribution in [0.3, 0.4) is 0 Å². The molecule has 2 nitrogen and oxygen atoms in total. The van der Waals surface area contributed by atoms with Crippen LogP contribution >= 0.6 is 0 Å². The molecular weight excluding hydrogens is 150 g/mol. The van der Waals surface area contributed by atoms with Crippen LogP contribution in [-0.2, 0) is 0 Å². The van der Waals surface area contributed by atoms with Crippen molar-refractivity contribution in [3.8, 4) is 0 Å². The van der Waals surface area contributed by atoms with E-state index < -0.39 is 0 Å². The topological polar surface area (TPSA) is 29.1 Å². The molecule has 0 saturated heterocycles. The third-order valence-corrected chi connectivity index (χ3v) is 1.50. The molecule has 0 amide bonds. The van der Waals surface area contributed by atoms with Gasteiger partial charge in [0.05, 0.1) is 6.54 Å². The Balaban J connectivity index is 2.59. The number of hydrogen-bond acceptors (Lipinski definition) is 2. The zero-order valence-corrected chi connectivity index (χ0v) is 6.79. The lowest BCUT2D eigenvalue weighted by atomic mass is 10.1. The summed E-state index contributed by atoms with van der Waals surface area (Å²) in [5, 5.41) is 2.76. The fourth-order valence-electron chi connectivity index (χ4n) is 0.891. The van der Waals surface area contributed by atoms with Crippen molar-refractivity contribution in [1.82, 2.24) is 5.32 Å². The van der Waals surface area contributed by atoms with Crippen LogP contribution in [0.25, 0.3) is 0 Å². The first-order valence-corrected chi connectivity index (χ1v) is 3.77. The summed E-state index contributed by atoms with van der Waals surface area (Å²) in [7, 11) is 0. The number of carbonyl (C=O) groups excluding carboxylic acids is 1. The molecule has 1 aromatic rings. The molecule has 0 aromatic heterocycles. The van der Waals surface area contributed by atoms with Gasteiger partial charge < -0.3 is 5.32 Å².